The number of methoxy groups -OCH3 is 1. The molecule has 0 saturated heterocycles. The molecule has 0 saturated carbocycles. The standard InChI is InChI=1S/C8H10N2O2.Cl2I/c1-10-5-3-4-7(6-10)9-8(11)12-2;1-3-2/h3-6H,1-2H3;/q;-1/p+1. The number of carbonyl (C=O) groups excluding carboxylic acids is 1. The van der Waals surface area contributed by atoms with Gasteiger partial charge in [0.2, 0.25) is 0 Å². The van der Waals surface area contributed by atoms with Crippen LogP contribution in [0.25, 0.3) is 0 Å². The van der Waals surface area contributed by atoms with E-state index in [1.165, 1.54) is 7.11 Å². The first-order chi connectivity index (χ1) is 7.13. The van der Waals surface area contributed by atoms with Crippen LogP contribution in [0, 0.1) is 0 Å². The molecule has 0 unspecified atom stereocenters. The van der Waals surface area contributed by atoms with Gasteiger partial charge in [-0.15, -0.1) is 0 Å². The second-order valence-corrected chi connectivity index (χ2v) is 5.63. The summed E-state index contributed by atoms with van der Waals surface area (Å²) in [6.45, 7) is 0. The van der Waals surface area contributed by atoms with Crippen LogP contribution in [-0.2, 0) is 11.8 Å². The Balaban J connectivity index is 0.000000583. The van der Waals surface area contributed by atoms with E-state index in [4.69, 9.17) is 17.8 Å². The summed E-state index contributed by atoms with van der Waals surface area (Å²) >= 11 is -0.466. The molecule has 0 radical (unpaired) electrons. The van der Waals surface area contributed by atoms with E-state index in [2.05, 4.69) is 10.1 Å². The van der Waals surface area contributed by atoms with E-state index >= 15 is 0 Å². The van der Waals surface area contributed by atoms with Gasteiger partial charge in [-0.1, -0.05) is 0 Å². The van der Waals surface area contributed by atoms with E-state index < -0.39 is 25.0 Å². The van der Waals surface area contributed by atoms with Gasteiger partial charge in [-0.2, -0.15) is 0 Å². The van der Waals surface area contributed by atoms with Crippen molar-refractivity contribution in [2.24, 2.45) is 7.05 Å². The summed E-state index contributed by atoms with van der Waals surface area (Å²) in [5.74, 6) is 0. The van der Waals surface area contributed by atoms with Crippen molar-refractivity contribution in [3.05, 3.63) is 24.5 Å². The Labute approximate surface area is 106 Å². The van der Waals surface area contributed by atoms with E-state index in [1.807, 2.05) is 23.9 Å². The van der Waals surface area contributed by atoms with Crippen LogP contribution in [-0.4, -0.2) is 13.2 Å². The molecule has 0 aliphatic carbocycles. The van der Waals surface area contributed by atoms with Crippen molar-refractivity contribution < 1.29 is 33.0 Å². The fraction of sp³-hybridized carbons (Fsp3) is 0.250. The second-order valence-electron chi connectivity index (χ2n) is 2.43. The van der Waals surface area contributed by atoms with Crippen molar-refractivity contribution in [3.63, 3.8) is 0 Å². The second kappa shape index (κ2) is 8.99. The number of rotatable bonds is 1. The maximum atomic E-state index is 10.7. The third kappa shape index (κ3) is 7.64. The Hall–Kier alpha value is -0.270. The number of halogens is 3. The monoisotopic (exact) mass is 364 g/mol. The number of hydrogen-bond acceptors (Lipinski definition) is 2. The summed E-state index contributed by atoms with van der Waals surface area (Å²) < 4.78 is 6.27. The normalized spacial score (nSPS) is 8.80. The summed E-state index contributed by atoms with van der Waals surface area (Å²) in [6.07, 6.45) is 3.21. The van der Waals surface area contributed by atoms with Crippen molar-refractivity contribution >= 4 is 29.6 Å². The van der Waals surface area contributed by atoms with Crippen molar-refractivity contribution in [1.82, 2.24) is 0 Å². The van der Waals surface area contributed by atoms with Crippen LogP contribution in [0.3, 0.4) is 0 Å². The van der Waals surface area contributed by atoms with E-state index in [0.29, 0.717) is 5.69 Å². The topological polar surface area (TPSA) is 42.2 Å². The van der Waals surface area contributed by atoms with Gasteiger partial charge in [0.1, 0.15) is 12.7 Å². The van der Waals surface area contributed by atoms with Gasteiger partial charge in [0.15, 0.2) is 12.4 Å². The molecule has 1 rings (SSSR count). The number of nitrogens with zero attached hydrogens (tertiary/aromatic N) is 1. The fourth-order valence-electron chi connectivity index (χ4n) is 0.831. The van der Waals surface area contributed by atoms with Crippen LogP contribution in [0.1, 0.15) is 0 Å². The first kappa shape index (κ1) is 14.7. The number of hydrogen-bond donors (Lipinski definition) is 1. The molecule has 1 amide bonds. The number of amides is 1. The number of aromatic nitrogens is 1. The zero-order chi connectivity index (χ0) is 11.7. The van der Waals surface area contributed by atoms with Gasteiger partial charge >= 0.3 is 42.9 Å². The molecule has 86 valence electrons. The van der Waals surface area contributed by atoms with Gasteiger partial charge in [0.05, 0.1) is 7.11 Å². The molecule has 1 heterocycles. The van der Waals surface area contributed by atoms with Gasteiger partial charge in [-0.3, -0.25) is 5.32 Å². The molecular weight excluding hydrogens is 354 g/mol. The van der Waals surface area contributed by atoms with Crippen LogP contribution in [0.4, 0.5) is 10.5 Å². The molecular formula is C8H11Cl2IN2O2. The number of anilines is 1. The Kier molecular flexibility index (Phi) is 8.83. The van der Waals surface area contributed by atoms with Crippen LogP contribution < -0.4 is 28.8 Å². The summed E-state index contributed by atoms with van der Waals surface area (Å²) in [5, 5.41) is 2.55. The van der Waals surface area contributed by atoms with Crippen molar-refractivity contribution in [2.75, 3.05) is 12.4 Å². The maximum absolute atomic E-state index is 10.7. The van der Waals surface area contributed by atoms with Gasteiger partial charge in [-0.25, -0.2) is 9.36 Å². The van der Waals surface area contributed by atoms with Gasteiger partial charge in [0.25, 0.3) is 0 Å². The third-order valence-corrected chi connectivity index (χ3v) is 1.37. The number of nitrogens with one attached hydrogen (secondary N) is 1. The molecule has 4 nitrogen and oxygen atoms in total. The third-order valence-electron chi connectivity index (χ3n) is 1.37. The van der Waals surface area contributed by atoms with Gasteiger partial charge in [0, 0.05) is 6.07 Å². The predicted molar refractivity (Wildman–Crippen MR) is 55.4 cm³/mol. The van der Waals surface area contributed by atoms with Gasteiger partial charge < -0.3 is 4.74 Å². The van der Waals surface area contributed by atoms with Crippen LogP contribution in [0.2, 0.25) is 0 Å². The van der Waals surface area contributed by atoms with Gasteiger partial charge in [-0.05, 0) is 6.07 Å². The number of pyridine rings is 1. The molecule has 1 N–H and O–H groups in total. The Bertz CT molecular complexity index is 312. The molecule has 0 spiro atoms. The van der Waals surface area contributed by atoms with Crippen LogP contribution in [0.5, 0.6) is 0 Å². The Morgan fingerprint density at radius 3 is 2.67 bits per heavy atom. The minimum atomic E-state index is -0.466. The Morgan fingerprint density at radius 1 is 1.60 bits per heavy atom. The fourth-order valence-corrected chi connectivity index (χ4v) is 0.831. The van der Waals surface area contributed by atoms with Crippen LogP contribution in [0.15, 0.2) is 24.5 Å². The molecule has 1 aromatic rings. The number of carbonyl (C=O) groups is 1. The van der Waals surface area contributed by atoms with E-state index in [9.17, 15) is 4.79 Å². The quantitative estimate of drug-likeness (QED) is 0.517. The molecule has 15 heavy (non-hydrogen) atoms. The summed E-state index contributed by atoms with van der Waals surface area (Å²) in [5.41, 5.74) is 0.715. The van der Waals surface area contributed by atoms with Crippen molar-refractivity contribution in [1.29, 1.82) is 0 Å². The predicted octanol–water partition coefficient (Wildman–Crippen LogP) is -0.928. The van der Waals surface area contributed by atoms with E-state index in [1.54, 1.807) is 12.3 Å². The van der Waals surface area contributed by atoms with Crippen molar-refractivity contribution in [2.45, 2.75) is 0 Å². The number of ether oxygens (including phenoxy) is 1. The molecule has 1 aromatic heterocycles. The minimum absolute atomic E-state index is 0.457. The summed E-state index contributed by atoms with van der Waals surface area (Å²) in [6, 6.07) is 3.63. The number of aryl methyl sites for hydroxylation is 1. The molecule has 0 fully saturated rings. The van der Waals surface area contributed by atoms with E-state index in [-0.39, 0.29) is 0 Å². The Morgan fingerprint density at radius 2 is 2.20 bits per heavy atom. The summed E-state index contributed by atoms with van der Waals surface area (Å²) in [7, 11) is 13.0. The first-order valence-electron chi connectivity index (χ1n) is 3.81. The zero-order valence-electron chi connectivity index (χ0n) is 8.21. The molecule has 0 aliphatic rings. The molecule has 0 atom stereocenters. The molecule has 0 aromatic carbocycles. The molecule has 0 aliphatic heterocycles. The zero-order valence-corrected chi connectivity index (χ0v) is 11.9. The van der Waals surface area contributed by atoms with Crippen LogP contribution >= 0.6 is 17.8 Å². The molecule has 7 heteroatoms. The molecule has 0 bridgehead atoms. The average Bonchev–Trinajstić information content (AvgIpc) is 2.19. The first-order valence-corrected chi connectivity index (χ1v) is 9.27. The summed E-state index contributed by atoms with van der Waals surface area (Å²) in [4.78, 5) is 10.7. The average molecular weight is 365 g/mol. The van der Waals surface area contributed by atoms with Crippen molar-refractivity contribution in [3.8, 4) is 0 Å². The van der Waals surface area contributed by atoms with E-state index in [0.717, 1.165) is 0 Å². The SMILES string of the molecule is COC(=O)Nc1ccc[n+](C)c1.Cl[I-]Cl.